The van der Waals surface area contributed by atoms with Crippen molar-refractivity contribution in [3.05, 3.63) is 158 Å². The van der Waals surface area contributed by atoms with Crippen molar-refractivity contribution in [3.8, 4) is 0 Å². The minimum absolute atomic E-state index is 0.0498. The molecule has 0 radical (unpaired) electrons. The van der Waals surface area contributed by atoms with Gasteiger partial charge in [0, 0.05) is 40.7 Å². The Kier molecular flexibility index (Phi) is 16.1. The number of halogens is 1. The SMILES string of the molecule is O=C(N[C@@H](Cc1ccccc1)C(=O)O)C1NC(=O)[C@H](Cc2ccccc2)NC(=O)[C@@H](Cc2ccc(Br)cc2)NC(=O)[C@H](Cc2cccs2)NC(=O)[C@H](O)[C@@H](O)C(=O)Nc2ccc1cc2. The average Bonchev–Trinajstić information content (AvgIpc) is 3.81. The maximum absolute atomic E-state index is 14.5. The van der Waals surface area contributed by atoms with Gasteiger partial charge in [0.1, 0.15) is 30.2 Å². The number of hydrogen-bond donors (Lipinski definition) is 9. The van der Waals surface area contributed by atoms with E-state index in [4.69, 9.17) is 0 Å². The Labute approximate surface area is 380 Å². The number of hydrogen-bond acceptors (Lipinski definition) is 10. The monoisotopic (exact) mass is 952 g/mol. The molecule has 9 N–H and O–H groups in total. The summed E-state index contributed by atoms with van der Waals surface area (Å²) in [5, 5.41) is 49.0. The van der Waals surface area contributed by atoms with Crippen LogP contribution in [-0.4, -0.2) is 93.1 Å². The highest BCUT2D eigenvalue weighted by Gasteiger charge is 2.36. The predicted octanol–water partition coefficient (Wildman–Crippen LogP) is 2.34. The molecule has 2 bridgehead atoms. The molecule has 16 nitrogen and oxygen atoms in total. The normalized spacial score (nSPS) is 21.6. The smallest absolute Gasteiger partial charge is 0.326 e. The van der Waals surface area contributed by atoms with Gasteiger partial charge < -0.3 is 47.2 Å². The number of carboxylic acid groups (broad SMARTS) is 1. The predicted molar refractivity (Wildman–Crippen MR) is 239 cm³/mol. The van der Waals surface area contributed by atoms with E-state index >= 15 is 0 Å². The lowest BCUT2D eigenvalue weighted by Crippen LogP contribution is -2.59. The first-order valence-corrected chi connectivity index (χ1v) is 21.8. The van der Waals surface area contributed by atoms with Crippen molar-refractivity contribution in [2.75, 3.05) is 5.32 Å². The van der Waals surface area contributed by atoms with Crippen LogP contribution in [0, 0.1) is 0 Å². The number of aliphatic hydroxyl groups excluding tert-OH is 2. The number of anilines is 1. The van der Waals surface area contributed by atoms with Crippen LogP contribution >= 0.6 is 27.3 Å². The summed E-state index contributed by atoms with van der Waals surface area (Å²) in [5.41, 5.74) is 2.03. The van der Waals surface area contributed by atoms with Gasteiger partial charge in [-0.1, -0.05) is 107 Å². The van der Waals surface area contributed by atoms with Gasteiger partial charge in [-0.05, 0) is 58.0 Å². The summed E-state index contributed by atoms with van der Waals surface area (Å²) >= 11 is 4.67. The molecule has 1 unspecified atom stereocenters. The zero-order valence-corrected chi connectivity index (χ0v) is 36.4. The summed E-state index contributed by atoms with van der Waals surface area (Å²) in [5.74, 6) is -7.20. The maximum Gasteiger partial charge on any atom is 0.326 e. The van der Waals surface area contributed by atoms with Gasteiger partial charge in [-0.25, -0.2) is 4.79 Å². The van der Waals surface area contributed by atoms with Gasteiger partial charge in [0.25, 0.3) is 11.8 Å². The summed E-state index contributed by atoms with van der Waals surface area (Å²) < 4.78 is 0.747. The number of amides is 6. The lowest BCUT2D eigenvalue weighted by atomic mass is 10.00. The number of aliphatic carboxylic acids is 1. The Hall–Kier alpha value is -6.73. The second-order valence-electron chi connectivity index (χ2n) is 15.0. The van der Waals surface area contributed by atoms with Crippen LogP contribution < -0.4 is 31.9 Å². The third-order valence-electron chi connectivity index (χ3n) is 10.3. The van der Waals surface area contributed by atoms with Gasteiger partial charge in [0.05, 0.1) is 0 Å². The molecule has 2 aliphatic heterocycles. The quantitative estimate of drug-likeness (QED) is 0.0875. The van der Waals surface area contributed by atoms with E-state index in [2.05, 4.69) is 47.8 Å². The van der Waals surface area contributed by atoms with Crippen LogP contribution in [0.5, 0.6) is 0 Å². The van der Waals surface area contributed by atoms with Crippen LogP contribution in [0.3, 0.4) is 0 Å². The molecule has 18 heteroatoms. The summed E-state index contributed by atoms with van der Waals surface area (Å²) in [6.07, 6.45) is -5.03. The second-order valence-corrected chi connectivity index (χ2v) is 17.0. The van der Waals surface area contributed by atoms with Crippen LogP contribution in [0.15, 0.2) is 131 Å². The largest absolute Gasteiger partial charge is 0.480 e. The fourth-order valence-corrected chi connectivity index (χ4v) is 7.89. The molecule has 3 heterocycles. The van der Waals surface area contributed by atoms with E-state index in [1.807, 2.05) is 0 Å². The Morgan fingerprint density at radius 3 is 1.67 bits per heavy atom. The number of fused-ring (bicyclic) bond motifs is 17. The summed E-state index contributed by atoms with van der Waals surface area (Å²) in [6, 6.07) is 25.9. The van der Waals surface area contributed by atoms with Gasteiger partial charge in [0.15, 0.2) is 12.2 Å². The number of benzene rings is 4. The number of aliphatic hydroxyl groups is 2. The Balaban J connectivity index is 1.40. The molecule has 0 aliphatic carbocycles. The van der Waals surface area contributed by atoms with Crippen LogP contribution in [-0.2, 0) is 59.2 Å². The third-order valence-corrected chi connectivity index (χ3v) is 11.7. The number of carboxylic acids is 1. The van der Waals surface area contributed by atoms with E-state index in [9.17, 15) is 48.9 Å². The molecule has 7 rings (SSSR count). The molecule has 0 spiro atoms. The van der Waals surface area contributed by atoms with Crippen molar-refractivity contribution in [3.63, 3.8) is 0 Å². The van der Waals surface area contributed by atoms with E-state index < -0.39 is 83.8 Å². The van der Waals surface area contributed by atoms with Crippen molar-refractivity contribution in [1.29, 1.82) is 0 Å². The van der Waals surface area contributed by atoms with E-state index in [-0.39, 0.29) is 36.9 Å². The molecule has 7 atom stereocenters. The van der Waals surface area contributed by atoms with Gasteiger partial charge >= 0.3 is 5.97 Å². The molecule has 6 amide bonds. The fourth-order valence-electron chi connectivity index (χ4n) is 6.88. The molecule has 64 heavy (non-hydrogen) atoms. The zero-order chi connectivity index (χ0) is 45.8. The summed E-state index contributed by atoms with van der Waals surface area (Å²) in [7, 11) is 0. The molecule has 332 valence electrons. The minimum atomic E-state index is -2.34. The first-order chi connectivity index (χ1) is 30.7. The van der Waals surface area contributed by atoms with Crippen LogP contribution in [0.2, 0.25) is 0 Å². The lowest BCUT2D eigenvalue weighted by molar-refractivity contribution is -0.145. The van der Waals surface area contributed by atoms with Crippen LogP contribution in [0.25, 0.3) is 0 Å². The highest BCUT2D eigenvalue weighted by Crippen LogP contribution is 2.20. The standard InChI is InChI=1S/C46H45BrN6O10S/c47-30-17-13-28(14-18-30)23-33-40(56)50-34(22-26-8-3-1-4-9-26)42(58)53-37(43(59)52-36(46(62)63)24-27-10-5-2-6-11-27)29-15-19-31(20-16-29)48-44(60)38(54)39(55)45(61)51-35(41(57)49-33)25-32-12-7-21-64-32/h1-21,33-39,54-55H,22-25H2,(H,48,60)(H,49,57)(H,50,56)(H,51,61)(H,52,59)(H,53,58)(H,62,63)/t33-,34+,35+,36+,37?,38-,39-/m1/s1. The number of nitrogens with one attached hydrogen (secondary N) is 6. The Morgan fingerprint density at radius 2 is 1.11 bits per heavy atom. The zero-order valence-electron chi connectivity index (χ0n) is 34.0. The van der Waals surface area contributed by atoms with Crippen LogP contribution in [0.4, 0.5) is 5.69 Å². The van der Waals surface area contributed by atoms with Gasteiger partial charge in [-0.2, -0.15) is 0 Å². The molecule has 0 fully saturated rings. The van der Waals surface area contributed by atoms with Crippen molar-refractivity contribution in [2.24, 2.45) is 0 Å². The molecular formula is C46H45BrN6O10S. The van der Waals surface area contributed by atoms with E-state index in [1.54, 1.807) is 102 Å². The summed E-state index contributed by atoms with van der Waals surface area (Å²) in [4.78, 5) is 97.1. The number of rotatable bonds is 11. The van der Waals surface area contributed by atoms with Crippen molar-refractivity contribution >= 4 is 74.4 Å². The molecule has 0 saturated heterocycles. The van der Waals surface area contributed by atoms with Crippen molar-refractivity contribution in [1.82, 2.24) is 26.6 Å². The highest BCUT2D eigenvalue weighted by atomic mass is 79.9. The minimum Gasteiger partial charge on any atom is -0.480 e. The topological polar surface area (TPSA) is 252 Å². The first kappa shape index (κ1) is 46.8. The average molecular weight is 954 g/mol. The number of carbonyl (C=O) groups excluding carboxylic acids is 6. The number of thiophene rings is 1. The molecule has 2 aliphatic rings. The van der Waals surface area contributed by atoms with Gasteiger partial charge in [-0.3, -0.25) is 28.8 Å². The van der Waals surface area contributed by atoms with Crippen molar-refractivity contribution in [2.45, 2.75) is 68.1 Å². The Bertz CT molecular complexity index is 2420. The van der Waals surface area contributed by atoms with Crippen molar-refractivity contribution < 1.29 is 48.9 Å². The maximum atomic E-state index is 14.5. The molecule has 5 aromatic rings. The lowest BCUT2D eigenvalue weighted by Gasteiger charge is -2.28. The van der Waals surface area contributed by atoms with Gasteiger partial charge in [0.2, 0.25) is 23.6 Å². The highest BCUT2D eigenvalue weighted by molar-refractivity contribution is 9.10. The van der Waals surface area contributed by atoms with E-state index in [0.29, 0.717) is 21.6 Å². The second kappa shape index (κ2) is 22.1. The van der Waals surface area contributed by atoms with E-state index in [1.165, 1.54) is 35.6 Å². The van der Waals surface area contributed by atoms with Gasteiger partial charge in [-0.15, -0.1) is 11.3 Å². The van der Waals surface area contributed by atoms with Crippen LogP contribution in [0.1, 0.15) is 33.2 Å². The number of carbonyl (C=O) groups is 7. The fraction of sp³-hybridized carbons (Fsp3) is 0.239. The molecular weight excluding hydrogens is 909 g/mol. The molecule has 0 saturated carbocycles. The summed E-state index contributed by atoms with van der Waals surface area (Å²) in [6.45, 7) is 0. The third kappa shape index (κ3) is 12.9. The molecule has 1 aromatic heterocycles. The first-order valence-electron chi connectivity index (χ1n) is 20.1. The Morgan fingerprint density at radius 1 is 0.594 bits per heavy atom. The molecule has 4 aromatic carbocycles. The van der Waals surface area contributed by atoms with E-state index in [0.717, 1.165) is 4.47 Å².